The molecule has 1 aliphatic heterocycles. The van der Waals surface area contributed by atoms with E-state index < -0.39 is 0 Å². The van der Waals surface area contributed by atoms with Crippen molar-refractivity contribution in [3.05, 3.63) is 20.8 Å². The van der Waals surface area contributed by atoms with Crippen LogP contribution >= 0.6 is 27.3 Å². The fraction of sp³-hybridized carbons (Fsp3) is 0.765. The fourth-order valence-electron chi connectivity index (χ4n) is 3.66. The van der Waals surface area contributed by atoms with Crippen molar-refractivity contribution in [2.24, 2.45) is 11.8 Å². The molecule has 2 aliphatic rings. The van der Waals surface area contributed by atoms with E-state index in [9.17, 15) is 0 Å². The van der Waals surface area contributed by atoms with E-state index in [-0.39, 0.29) is 0 Å². The molecule has 118 valence electrons. The second kappa shape index (κ2) is 6.31. The van der Waals surface area contributed by atoms with Gasteiger partial charge in [0.1, 0.15) is 0 Å². The Morgan fingerprint density at radius 2 is 2.24 bits per heavy atom. The van der Waals surface area contributed by atoms with Crippen LogP contribution in [0.1, 0.15) is 44.9 Å². The SMILES string of the molecule is CC(C)CC1CNC(C)(C2CC2)CN1Cc1sccc1Br. The third kappa shape index (κ3) is 3.72. The molecule has 2 unspecified atom stereocenters. The molecule has 2 heterocycles. The van der Waals surface area contributed by atoms with Crippen molar-refractivity contribution in [1.82, 2.24) is 10.2 Å². The highest BCUT2D eigenvalue weighted by atomic mass is 79.9. The number of hydrogen-bond acceptors (Lipinski definition) is 3. The summed E-state index contributed by atoms with van der Waals surface area (Å²) in [6.45, 7) is 10.6. The minimum absolute atomic E-state index is 0.331. The average Bonchev–Trinajstić information content (AvgIpc) is 3.20. The van der Waals surface area contributed by atoms with Gasteiger partial charge in [-0.15, -0.1) is 11.3 Å². The first-order valence-electron chi connectivity index (χ1n) is 8.19. The molecule has 1 aromatic rings. The zero-order valence-corrected chi connectivity index (χ0v) is 15.8. The lowest BCUT2D eigenvalue weighted by Crippen LogP contribution is -2.63. The molecule has 1 saturated carbocycles. The number of halogens is 1. The molecule has 1 saturated heterocycles. The van der Waals surface area contributed by atoms with Crippen LogP contribution < -0.4 is 5.32 Å². The van der Waals surface area contributed by atoms with Gasteiger partial charge in [-0.05, 0) is 65.4 Å². The minimum atomic E-state index is 0.331. The maximum atomic E-state index is 3.89. The normalized spacial score (nSPS) is 31.0. The van der Waals surface area contributed by atoms with Crippen molar-refractivity contribution in [2.45, 2.75) is 58.2 Å². The van der Waals surface area contributed by atoms with Crippen LogP contribution in [0.4, 0.5) is 0 Å². The highest BCUT2D eigenvalue weighted by Crippen LogP contribution is 2.42. The van der Waals surface area contributed by atoms with Gasteiger partial charge in [-0.1, -0.05) is 13.8 Å². The minimum Gasteiger partial charge on any atom is -0.308 e. The summed E-state index contributed by atoms with van der Waals surface area (Å²) in [5, 5.41) is 6.08. The van der Waals surface area contributed by atoms with Gasteiger partial charge < -0.3 is 5.32 Å². The smallest absolute Gasteiger partial charge is 0.0343 e. The quantitative estimate of drug-likeness (QED) is 0.820. The predicted octanol–water partition coefficient (Wildman–Crippen LogP) is 4.50. The van der Waals surface area contributed by atoms with E-state index in [1.165, 1.54) is 35.2 Å². The summed E-state index contributed by atoms with van der Waals surface area (Å²) in [6, 6.07) is 2.85. The molecule has 0 radical (unpaired) electrons. The molecule has 2 fully saturated rings. The van der Waals surface area contributed by atoms with Crippen LogP contribution in [0.5, 0.6) is 0 Å². The van der Waals surface area contributed by atoms with E-state index in [0.29, 0.717) is 11.6 Å². The lowest BCUT2D eigenvalue weighted by molar-refractivity contribution is 0.0588. The van der Waals surface area contributed by atoms with Crippen LogP contribution in [0.15, 0.2) is 15.9 Å². The largest absolute Gasteiger partial charge is 0.308 e. The first-order chi connectivity index (χ1) is 9.98. The van der Waals surface area contributed by atoms with Gasteiger partial charge in [0.05, 0.1) is 0 Å². The lowest BCUT2D eigenvalue weighted by atomic mass is 9.89. The number of piperazine rings is 1. The van der Waals surface area contributed by atoms with Gasteiger partial charge in [0.25, 0.3) is 0 Å². The van der Waals surface area contributed by atoms with Crippen molar-refractivity contribution in [3.63, 3.8) is 0 Å². The summed E-state index contributed by atoms with van der Waals surface area (Å²) >= 11 is 5.58. The number of rotatable bonds is 5. The molecule has 0 amide bonds. The van der Waals surface area contributed by atoms with Crippen LogP contribution in [0.2, 0.25) is 0 Å². The topological polar surface area (TPSA) is 15.3 Å². The van der Waals surface area contributed by atoms with E-state index in [4.69, 9.17) is 0 Å². The summed E-state index contributed by atoms with van der Waals surface area (Å²) in [7, 11) is 0. The average molecular weight is 371 g/mol. The first kappa shape index (κ1) is 16.0. The van der Waals surface area contributed by atoms with E-state index in [2.05, 4.69) is 58.4 Å². The van der Waals surface area contributed by atoms with Gasteiger partial charge >= 0.3 is 0 Å². The van der Waals surface area contributed by atoms with E-state index in [1.807, 2.05) is 11.3 Å². The Bertz CT molecular complexity index is 483. The van der Waals surface area contributed by atoms with Crippen LogP contribution in [0.3, 0.4) is 0 Å². The van der Waals surface area contributed by atoms with Crippen molar-refractivity contribution in [2.75, 3.05) is 13.1 Å². The molecule has 0 spiro atoms. The standard InChI is InChI=1S/C17H27BrN2S/c1-12(2)8-14-9-19-17(3,13-4-5-13)11-20(14)10-16-15(18)6-7-21-16/h6-7,12-14,19H,4-5,8-11H2,1-3H3. The lowest BCUT2D eigenvalue weighted by Gasteiger charge is -2.47. The Kier molecular flexibility index (Phi) is 4.80. The van der Waals surface area contributed by atoms with Gasteiger partial charge in [-0.25, -0.2) is 0 Å². The fourth-order valence-corrected chi connectivity index (χ4v) is 5.17. The number of thiophene rings is 1. The maximum absolute atomic E-state index is 3.89. The van der Waals surface area contributed by atoms with Crippen LogP contribution in [-0.4, -0.2) is 29.6 Å². The molecule has 4 heteroatoms. The highest BCUT2D eigenvalue weighted by molar-refractivity contribution is 9.10. The Hall–Kier alpha value is 0.100. The van der Waals surface area contributed by atoms with Gasteiger partial charge in [0.2, 0.25) is 0 Å². The molecular formula is C17H27BrN2S. The summed E-state index contributed by atoms with van der Waals surface area (Å²) in [5.74, 6) is 1.66. The summed E-state index contributed by atoms with van der Waals surface area (Å²) in [4.78, 5) is 4.22. The van der Waals surface area contributed by atoms with Gasteiger partial charge in [-0.3, -0.25) is 4.90 Å². The Balaban J connectivity index is 1.74. The molecule has 2 atom stereocenters. The van der Waals surface area contributed by atoms with Crippen molar-refractivity contribution < 1.29 is 0 Å². The third-order valence-corrected chi connectivity index (χ3v) is 6.96. The number of nitrogens with zero attached hydrogens (tertiary/aromatic N) is 1. The van der Waals surface area contributed by atoms with E-state index in [0.717, 1.165) is 24.9 Å². The van der Waals surface area contributed by atoms with E-state index in [1.54, 1.807) is 0 Å². The van der Waals surface area contributed by atoms with E-state index >= 15 is 0 Å². The molecule has 1 aliphatic carbocycles. The number of hydrogen-bond donors (Lipinski definition) is 1. The summed E-state index contributed by atoms with van der Waals surface area (Å²) < 4.78 is 1.28. The van der Waals surface area contributed by atoms with Crippen LogP contribution in [0, 0.1) is 11.8 Å². The molecule has 21 heavy (non-hydrogen) atoms. The molecule has 3 rings (SSSR count). The molecule has 0 bridgehead atoms. The second-order valence-corrected chi connectivity index (χ2v) is 9.31. The highest BCUT2D eigenvalue weighted by Gasteiger charge is 2.46. The van der Waals surface area contributed by atoms with Crippen molar-refractivity contribution >= 4 is 27.3 Å². The van der Waals surface area contributed by atoms with Crippen LogP contribution in [-0.2, 0) is 6.54 Å². The van der Waals surface area contributed by atoms with Gasteiger partial charge in [0, 0.05) is 40.6 Å². The molecule has 1 N–H and O–H groups in total. The molecule has 0 aromatic carbocycles. The van der Waals surface area contributed by atoms with Crippen LogP contribution in [0.25, 0.3) is 0 Å². The predicted molar refractivity (Wildman–Crippen MR) is 94.8 cm³/mol. The number of nitrogens with one attached hydrogen (secondary N) is 1. The Morgan fingerprint density at radius 1 is 1.48 bits per heavy atom. The zero-order chi connectivity index (χ0) is 15.0. The Labute approximate surface area is 141 Å². The van der Waals surface area contributed by atoms with Gasteiger partial charge in [0.15, 0.2) is 0 Å². The molecule has 2 nitrogen and oxygen atoms in total. The summed E-state index contributed by atoms with van der Waals surface area (Å²) in [6.07, 6.45) is 4.11. The monoisotopic (exact) mass is 370 g/mol. The summed E-state index contributed by atoms with van der Waals surface area (Å²) in [5.41, 5.74) is 0.331. The first-order valence-corrected chi connectivity index (χ1v) is 9.86. The molecular weight excluding hydrogens is 344 g/mol. The zero-order valence-electron chi connectivity index (χ0n) is 13.4. The third-order valence-electron chi connectivity index (χ3n) is 5.05. The molecule has 1 aromatic heterocycles. The van der Waals surface area contributed by atoms with Gasteiger partial charge in [-0.2, -0.15) is 0 Å². The Morgan fingerprint density at radius 3 is 2.81 bits per heavy atom. The second-order valence-electron chi connectivity index (χ2n) is 7.45. The van der Waals surface area contributed by atoms with Crippen molar-refractivity contribution in [3.8, 4) is 0 Å². The maximum Gasteiger partial charge on any atom is 0.0343 e. The van der Waals surface area contributed by atoms with Crippen molar-refractivity contribution in [1.29, 1.82) is 0 Å².